The third-order valence-electron chi connectivity index (χ3n) is 4.72. The van der Waals surface area contributed by atoms with Gasteiger partial charge in [0.2, 0.25) is 12.7 Å². The van der Waals surface area contributed by atoms with Gasteiger partial charge in [0.15, 0.2) is 16.7 Å². The highest BCUT2D eigenvalue weighted by molar-refractivity contribution is 8.15. The van der Waals surface area contributed by atoms with Crippen molar-refractivity contribution in [2.24, 2.45) is 4.99 Å². The number of methoxy groups -OCH3 is 1. The van der Waals surface area contributed by atoms with E-state index in [-0.39, 0.29) is 18.4 Å². The molecule has 2 aromatic rings. The molecule has 0 aromatic heterocycles. The van der Waals surface area contributed by atoms with Crippen molar-refractivity contribution >= 4 is 28.5 Å². The van der Waals surface area contributed by atoms with E-state index in [0.717, 1.165) is 17.7 Å². The standard InChI is InChI=1S/C20H17F3N2O4S/c1-25-18(26)17(7-11-6-15-16(29-10-28-15)9-14(11)27-2)30-19(25)24-13-5-3-4-12(8-13)20(21,22)23/h3-6,8-9,17H,7,10H2,1-2H3/t17-/m0/s1. The molecule has 158 valence electrons. The Labute approximate surface area is 174 Å². The average Bonchev–Trinajstić information content (AvgIpc) is 3.27. The van der Waals surface area contributed by atoms with Crippen molar-refractivity contribution in [1.82, 2.24) is 4.90 Å². The molecule has 0 unspecified atom stereocenters. The fraction of sp³-hybridized carbons (Fsp3) is 0.300. The molecule has 2 aliphatic rings. The lowest BCUT2D eigenvalue weighted by Crippen LogP contribution is -2.28. The zero-order valence-corrected chi connectivity index (χ0v) is 16.8. The molecule has 2 heterocycles. The van der Waals surface area contributed by atoms with Crippen molar-refractivity contribution < 1.29 is 32.2 Å². The van der Waals surface area contributed by atoms with Gasteiger partial charge in [0, 0.05) is 13.1 Å². The molecule has 30 heavy (non-hydrogen) atoms. The van der Waals surface area contributed by atoms with Gasteiger partial charge in [-0.25, -0.2) is 4.99 Å². The van der Waals surface area contributed by atoms with E-state index in [1.165, 1.54) is 35.9 Å². The van der Waals surface area contributed by atoms with E-state index in [1.807, 2.05) is 0 Å². The predicted molar refractivity (Wildman–Crippen MR) is 106 cm³/mol. The molecule has 0 bridgehead atoms. The molecule has 0 radical (unpaired) electrons. The van der Waals surface area contributed by atoms with Crippen LogP contribution in [-0.4, -0.2) is 42.2 Å². The number of benzene rings is 2. The molecule has 4 rings (SSSR count). The topological polar surface area (TPSA) is 60.4 Å². The summed E-state index contributed by atoms with van der Waals surface area (Å²) in [7, 11) is 3.08. The number of amidine groups is 1. The summed E-state index contributed by atoms with van der Waals surface area (Å²) in [5.74, 6) is 1.53. The summed E-state index contributed by atoms with van der Waals surface area (Å²) in [4.78, 5) is 18.3. The summed E-state index contributed by atoms with van der Waals surface area (Å²) in [6, 6.07) is 8.18. The van der Waals surface area contributed by atoms with Gasteiger partial charge in [-0.2, -0.15) is 13.2 Å². The van der Waals surface area contributed by atoms with Crippen LogP contribution in [0.3, 0.4) is 0 Å². The molecule has 10 heteroatoms. The zero-order chi connectivity index (χ0) is 21.5. The maximum absolute atomic E-state index is 12.9. The number of ether oxygens (including phenoxy) is 3. The SMILES string of the molecule is COc1cc2c(cc1C[C@@H]1SC(=Nc3cccc(C(F)(F)F)c3)N(C)C1=O)OCO2. The number of alkyl halides is 3. The molecule has 0 aliphatic carbocycles. The van der Waals surface area contributed by atoms with E-state index >= 15 is 0 Å². The molecule has 1 fully saturated rings. The summed E-state index contributed by atoms with van der Waals surface area (Å²) >= 11 is 1.20. The smallest absolute Gasteiger partial charge is 0.416 e. The Morgan fingerprint density at radius 3 is 2.67 bits per heavy atom. The number of hydrogen-bond donors (Lipinski definition) is 0. The summed E-state index contributed by atoms with van der Waals surface area (Å²) in [6.45, 7) is 0.121. The monoisotopic (exact) mass is 438 g/mol. The first kappa shape index (κ1) is 20.4. The van der Waals surface area contributed by atoms with Crippen LogP contribution in [0.15, 0.2) is 41.4 Å². The van der Waals surface area contributed by atoms with Crippen LogP contribution in [0.25, 0.3) is 0 Å². The summed E-state index contributed by atoms with van der Waals surface area (Å²) in [6.07, 6.45) is -4.12. The van der Waals surface area contributed by atoms with Crippen LogP contribution in [-0.2, 0) is 17.4 Å². The lowest BCUT2D eigenvalue weighted by atomic mass is 10.1. The van der Waals surface area contributed by atoms with Crippen LogP contribution in [0, 0.1) is 0 Å². The number of carbonyl (C=O) groups excluding carboxylic acids is 1. The Morgan fingerprint density at radius 1 is 1.23 bits per heavy atom. The summed E-state index contributed by atoms with van der Waals surface area (Å²) in [5, 5.41) is -0.155. The first-order valence-electron chi connectivity index (χ1n) is 8.93. The average molecular weight is 438 g/mol. The van der Waals surface area contributed by atoms with Crippen molar-refractivity contribution in [3.63, 3.8) is 0 Å². The van der Waals surface area contributed by atoms with Gasteiger partial charge >= 0.3 is 6.18 Å². The number of hydrogen-bond acceptors (Lipinski definition) is 6. The van der Waals surface area contributed by atoms with Crippen LogP contribution in [0.5, 0.6) is 17.2 Å². The van der Waals surface area contributed by atoms with E-state index in [1.54, 1.807) is 19.2 Å². The van der Waals surface area contributed by atoms with E-state index in [4.69, 9.17) is 14.2 Å². The maximum atomic E-state index is 12.9. The van der Waals surface area contributed by atoms with Gasteiger partial charge in [0.25, 0.3) is 0 Å². The number of carbonyl (C=O) groups is 1. The number of rotatable bonds is 4. The van der Waals surface area contributed by atoms with Crippen LogP contribution in [0.1, 0.15) is 11.1 Å². The van der Waals surface area contributed by atoms with Gasteiger partial charge in [0.05, 0.1) is 23.6 Å². The molecule has 1 atom stereocenters. The van der Waals surface area contributed by atoms with Gasteiger partial charge in [0.1, 0.15) is 5.75 Å². The zero-order valence-electron chi connectivity index (χ0n) is 16.0. The Morgan fingerprint density at radius 2 is 1.97 bits per heavy atom. The molecule has 1 saturated heterocycles. The van der Waals surface area contributed by atoms with Gasteiger partial charge in [-0.05, 0) is 36.2 Å². The second-order valence-corrected chi connectivity index (χ2v) is 7.84. The van der Waals surface area contributed by atoms with E-state index in [9.17, 15) is 18.0 Å². The van der Waals surface area contributed by atoms with Crippen molar-refractivity contribution in [3.8, 4) is 17.2 Å². The Bertz CT molecular complexity index is 1030. The van der Waals surface area contributed by atoms with Crippen LogP contribution < -0.4 is 14.2 Å². The first-order valence-corrected chi connectivity index (χ1v) is 9.81. The highest BCUT2D eigenvalue weighted by atomic mass is 32.2. The van der Waals surface area contributed by atoms with Crippen molar-refractivity contribution in [3.05, 3.63) is 47.5 Å². The van der Waals surface area contributed by atoms with Gasteiger partial charge < -0.3 is 14.2 Å². The van der Waals surface area contributed by atoms with Crippen molar-refractivity contribution in [1.29, 1.82) is 0 Å². The summed E-state index contributed by atoms with van der Waals surface area (Å²) in [5.41, 5.74) is 0.109. The van der Waals surface area contributed by atoms with E-state index < -0.39 is 17.0 Å². The largest absolute Gasteiger partial charge is 0.496 e. The van der Waals surface area contributed by atoms with Crippen LogP contribution >= 0.6 is 11.8 Å². The lowest BCUT2D eigenvalue weighted by molar-refractivity contribution is -0.137. The molecule has 2 aliphatic heterocycles. The number of amides is 1. The molecule has 0 spiro atoms. The Kier molecular flexibility index (Phi) is 5.27. The van der Waals surface area contributed by atoms with Crippen LogP contribution in [0.4, 0.5) is 18.9 Å². The fourth-order valence-electron chi connectivity index (χ4n) is 3.17. The van der Waals surface area contributed by atoms with Crippen molar-refractivity contribution in [2.75, 3.05) is 21.0 Å². The second kappa shape index (κ2) is 7.75. The molecule has 2 aromatic carbocycles. The number of fused-ring (bicyclic) bond motifs is 1. The first-order chi connectivity index (χ1) is 14.3. The molecule has 1 amide bonds. The van der Waals surface area contributed by atoms with Gasteiger partial charge in [-0.3, -0.25) is 9.69 Å². The molecule has 0 saturated carbocycles. The van der Waals surface area contributed by atoms with E-state index in [2.05, 4.69) is 4.99 Å². The quantitative estimate of drug-likeness (QED) is 0.715. The highest BCUT2D eigenvalue weighted by Crippen LogP contribution is 2.40. The van der Waals surface area contributed by atoms with Crippen molar-refractivity contribution in [2.45, 2.75) is 17.8 Å². The maximum Gasteiger partial charge on any atom is 0.416 e. The lowest BCUT2D eigenvalue weighted by Gasteiger charge is -2.12. The number of halogens is 3. The van der Waals surface area contributed by atoms with Crippen LogP contribution in [0.2, 0.25) is 0 Å². The van der Waals surface area contributed by atoms with Gasteiger partial charge in [-0.1, -0.05) is 17.8 Å². The minimum Gasteiger partial charge on any atom is -0.496 e. The third kappa shape index (κ3) is 3.91. The Balaban J connectivity index is 1.57. The predicted octanol–water partition coefficient (Wildman–Crippen LogP) is 4.25. The Hall–Kier alpha value is -2.88. The van der Waals surface area contributed by atoms with Gasteiger partial charge in [-0.15, -0.1) is 0 Å². The number of thioether (sulfide) groups is 1. The summed E-state index contributed by atoms with van der Waals surface area (Å²) < 4.78 is 55.0. The fourth-order valence-corrected chi connectivity index (χ4v) is 4.36. The molecular formula is C20H17F3N2O4S. The number of nitrogens with zero attached hydrogens (tertiary/aromatic N) is 2. The third-order valence-corrected chi connectivity index (χ3v) is 5.95. The molecule has 6 nitrogen and oxygen atoms in total. The normalized spacial score (nSPS) is 19.6. The van der Waals surface area contributed by atoms with E-state index in [0.29, 0.717) is 28.8 Å². The minimum atomic E-state index is -4.46. The minimum absolute atomic E-state index is 0.121. The highest BCUT2D eigenvalue weighted by Gasteiger charge is 2.37. The molecular weight excluding hydrogens is 421 g/mol. The number of aliphatic imine (C=N–C) groups is 1. The molecule has 0 N–H and O–H groups in total. The second-order valence-electron chi connectivity index (χ2n) is 6.67.